The lowest BCUT2D eigenvalue weighted by molar-refractivity contribution is -0.135. The molecule has 0 unspecified atom stereocenters. The highest BCUT2D eigenvalue weighted by Gasteiger charge is 2.26. The summed E-state index contributed by atoms with van der Waals surface area (Å²) >= 11 is 0. The summed E-state index contributed by atoms with van der Waals surface area (Å²) in [6.45, 7) is 0.0944. The molecule has 0 bridgehead atoms. The number of nitrogens with zero attached hydrogens (tertiary/aromatic N) is 2. The summed E-state index contributed by atoms with van der Waals surface area (Å²) in [6, 6.07) is 21.9. The molecule has 4 rings (SSSR count). The van der Waals surface area contributed by atoms with Crippen molar-refractivity contribution in [3.05, 3.63) is 90.2 Å². The Morgan fingerprint density at radius 3 is 2.26 bits per heavy atom. The summed E-state index contributed by atoms with van der Waals surface area (Å²) in [7, 11) is 0. The molecule has 178 valence electrons. The molecule has 0 spiro atoms. The van der Waals surface area contributed by atoms with Crippen molar-refractivity contribution in [1.82, 2.24) is 5.01 Å². The van der Waals surface area contributed by atoms with Gasteiger partial charge in [0.1, 0.15) is 30.4 Å². The van der Waals surface area contributed by atoms with Crippen molar-refractivity contribution < 1.29 is 23.5 Å². The number of rotatable bonds is 8. The molecule has 8 nitrogen and oxygen atoms in total. The molecule has 3 amide bonds. The molecule has 0 fully saturated rings. The molecule has 1 aliphatic heterocycles. The number of benzene rings is 3. The number of halogens is 1. The Morgan fingerprint density at radius 1 is 0.886 bits per heavy atom. The molecular weight excluding hydrogens is 451 g/mol. The van der Waals surface area contributed by atoms with Crippen LogP contribution in [0.1, 0.15) is 18.4 Å². The van der Waals surface area contributed by atoms with E-state index >= 15 is 0 Å². The lowest BCUT2D eigenvalue weighted by atomic mass is 10.1. The van der Waals surface area contributed by atoms with Crippen molar-refractivity contribution in [3.63, 3.8) is 0 Å². The predicted molar refractivity (Wildman–Crippen MR) is 129 cm³/mol. The number of nitrogens with one attached hydrogen (secondary N) is 2. The zero-order chi connectivity index (χ0) is 24.6. The maximum Gasteiger partial charge on any atom is 0.271 e. The van der Waals surface area contributed by atoms with Crippen molar-refractivity contribution >= 4 is 34.8 Å². The van der Waals surface area contributed by atoms with Crippen molar-refractivity contribution in [2.24, 2.45) is 5.10 Å². The molecule has 1 heterocycles. The van der Waals surface area contributed by atoms with Gasteiger partial charge in [-0.05, 0) is 54.1 Å². The zero-order valence-corrected chi connectivity index (χ0v) is 18.7. The first kappa shape index (κ1) is 23.6. The van der Waals surface area contributed by atoms with Crippen LogP contribution in [0.3, 0.4) is 0 Å². The van der Waals surface area contributed by atoms with Crippen LogP contribution in [-0.2, 0) is 21.0 Å². The third kappa shape index (κ3) is 6.73. The first-order valence-electron chi connectivity index (χ1n) is 11.0. The number of amides is 3. The summed E-state index contributed by atoms with van der Waals surface area (Å²) in [6.07, 6.45) is 0.199. The van der Waals surface area contributed by atoms with E-state index in [1.165, 1.54) is 24.3 Å². The zero-order valence-electron chi connectivity index (χ0n) is 18.7. The number of carbonyl (C=O) groups excluding carboxylic acids is 3. The Labute approximate surface area is 201 Å². The van der Waals surface area contributed by atoms with Gasteiger partial charge in [-0.1, -0.05) is 30.3 Å². The molecule has 9 heteroatoms. The lowest BCUT2D eigenvalue weighted by Gasteiger charge is -2.22. The first-order chi connectivity index (χ1) is 17.0. The van der Waals surface area contributed by atoms with Gasteiger partial charge in [0.25, 0.3) is 5.91 Å². The van der Waals surface area contributed by atoms with Crippen LogP contribution in [0.2, 0.25) is 0 Å². The predicted octanol–water partition coefficient (Wildman–Crippen LogP) is 3.96. The summed E-state index contributed by atoms with van der Waals surface area (Å²) in [5.74, 6) is -1.10. The molecule has 2 N–H and O–H groups in total. The van der Waals surface area contributed by atoms with E-state index in [9.17, 15) is 18.8 Å². The average Bonchev–Trinajstić information content (AvgIpc) is 2.87. The summed E-state index contributed by atoms with van der Waals surface area (Å²) < 4.78 is 18.8. The Morgan fingerprint density at radius 2 is 1.54 bits per heavy atom. The molecular formula is C26H23FN4O4. The van der Waals surface area contributed by atoms with Gasteiger partial charge in [0.05, 0.1) is 0 Å². The van der Waals surface area contributed by atoms with E-state index in [4.69, 9.17) is 4.74 Å². The number of hydrogen-bond acceptors (Lipinski definition) is 5. The second kappa shape index (κ2) is 11.1. The number of anilines is 2. The van der Waals surface area contributed by atoms with Crippen molar-refractivity contribution in [2.75, 3.05) is 17.2 Å². The number of hydrazone groups is 1. The highest BCUT2D eigenvalue weighted by Crippen LogP contribution is 2.18. The Kier molecular flexibility index (Phi) is 7.47. The highest BCUT2D eigenvalue weighted by atomic mass is 19.1. The second-order valence-electron chi connectivity index (χ2n) is 7.81. The van der Waals surface area contributed by atoms with Crippen LogP contribution in [0.5, 0.6) is 5.75 Å². The van der Waals surface area contributed by atoms with Crippen LogP contribution < -0.4 is 15.4 Å². The topological polar surface area (TPSA) is 100 Å². The SMILES string of the molecule is O=C(CN1N=C(C(=O)Nc2ccc(F)cc2)CCC1=O)Nc1ccc(OCc2ccccc2)cc1. The van der Waals surface area contributed by atoms with Gasteiger partial charge in [-0.25, -0.2) is 9.40 Å². The largest absolute Gasteiger partial charge is 0.489 e. The number of carbonyl (C=O) groups is 3. The molecule has 0 radical (unpaired) electrons. The summed E-state index contributed by atoms with van der Waals surface area (Å²) in [5, 5.41) is 10.4. The smallest absolute Gasteiger partial charge is 0.271 e. The van der Waals surface area contributed by atoms with E-state index in [1.54, 1.807) is 24.3 Å². The Hall–Kier alpha value is -4.53. The number of hydrogen-bond donors (Lipinski definition) is 2. The molecule has 35 heavy (non-hydrogen) atoms. The fourth-order valence-electron chi connectivity index (χ4n) is 3.34. The van der Waals surface area contributed by atoms with Crippen LogP contribution in [0.25, 0.3) is 0 Å². The second-order valence-corrected chi connectivity index (χ2v) is 7.81. The van der Waals surface area contributed by atoms with Crippen molar-refractivity contribution in [3.8, 4) is 5.75 Å². The van der Waals surface area contributed by atoms with Gasteiger partial charge in [-0.2, -0.15) is 5.10 Å². The monoisotopic (exact) mass is 474 g/mol. The van der Waals surface area contributed by atoms with E-state index in [2.05, 4.69) is 15.7 Å². The van der Waals surface area contributed by atoms with Gasteiger partial charge in [0.2, 0.25) is 11.8 Å². The molecule has 1 aliphatic rings. The first-order valence-corrected chi connectivity index (χ1v) is 11.0. The van der Waals surface area contributed by atoms with Crippen LogP contribution in [0.4, 0.5) is 15.8 Å². The minimum Gasteiger partial charge on any atom is -0.489 e. The van der Waals surface area contributed by atoms with E-state index in [0.717, 1.165) is 10.6 Å². The van der Waals surface area contributed by atoms with Crippen molar-refractivity contribution in [1.29, 1.82) is 0 Å². The summed E-state index contributed by atoms with van der Waals surface area (Å²) in [5.41, 5.74) is 2.09. The molecule has 0 atom stereocenters. The van der Waals surface area contributed by atoms with Crippen LogP contribution in [0, 0.1) is 5.82 Å². The van der Waals surface area contributed by atoms with E-state index in [0.29, 0.717) is 23.7 Å². The number of ether oxygens (including phenoxy) is 1. The summed E-state index contributed by atoms with van der Waals surface area (Å²) in [4.78, 5) is 37.2. The Balaban J connectivity index is 1.31. The minimum atomic E-state index is -0.513. The molecule has 0 saturated carbocycles. The van der Waals surface area contributed by atoms with E-state index in [-0.39, 0.29) is 31.0 Å². The van der Waals surface area contributed by atoms with E-state index in [1.807, 2.05) is 30.3 Å². The molecule has 3 aromatic carbocycles. The van der Waals surface area contributed by atoms with E-state index < -0.39 is 17.6 Å². The van der Waals surface area contributed by atoms with Crippen LogP contribution in [-0.4, -0.2) is 35.0 Å². The maximum atomic E-state index is 13.0. The third-order valence-corrected chi connectivity index (χ3v) is 5.15. The van der Waals surface area contributed by atoms with Gasteiger partial charge in [0.15, 0.2) is 0 Å². The van der Waals surface area contributed by atoms with Gasteiger partial charge in [0, 0.05) is 24.2 Å². The van der Waals surface area contributed by atoms with Gasteiger partial charge < -0.3 is 15.4 Å². The van der Waals surface area contributed by atoms with Crippen LogP contribution >= 0.6 is 0 Å². The minimum absolute atomic E-state index is 0.0520. The normalized spacial score (nSPS) is 13.1. The standard InChI is InChI=1S/C26H23FN4O4/c27-19-6-8-21(9-7-19)29-26(34)23-14-15-25(33)31(30-23)16-24(32)28-20-10-12-22(13-11-20)35-17-18-4-2-1-3-5-18/h1-13H,14-17H2,(H,28,32)(H,29,34). The molecule has 0 aliphatic carbocycles. The average molecular weight is 474 g/mol. The highest BCUT2D eigenvalue weighted by molar-refractivity contribution is 6.43. The maximum absolute atomic E-state index is 13.0. The third-order valence-electron chi connectivity index (χ3n) is 5.15. The van der Waals surface area contributed by atoms with Gasteiger partial charge >= 0.3 is 0 Å². The molecule has 0 saturated heterocycles. The quantitative estimate of drug-likeness (QED) is 0.516. The fraction of sp³-hybridized carbons (Fsp3) is 0.154. The van der Waals surface area contributed by atoms with Crippen LogP contribution in [0.15, 0.2) is 84.0 Å². The van der Waals surface area contributed by atoms with Gasteiger partial charge in [-0.3, -0.25) is 14.4 Å². The fourth-order valence-corrected chi connectivity index (χ4v) is 3.34. The van der Waals surface area contributed by atoms with Crippen molar-refractivity contribution in [2.45, 2.75) is 19.4 Å². The lowest BCUT2D eigenvalue weighted by Crippen LogP contribution is -2.40. The Bertz CT molecular complexity index is 1230. The van der Waals surface area contributed by atoms with Gasteiger partial charge in [-0.15, -0.1) is 0 Å². The molecule has 3 aromatic rings. The molecule has 0 aromatic heterocycles.